The van der Waals surface area contributed by atoms with Gasteiger partial charge in [0.2, 0.25) is 6.41 Å². The van der Waals surface area contributed by atoms with Gasteiger partial charge in [-0.2, -0.15) is 0 Å². The first-order chi connectivity index (χ1) is 4.93. The Balaban J connectivity index is 2.21. The maximum Gasteiger partial charge on any atom is 0.207 e. The molecule has 57 valence electrons. The number of amides is 1. The smallest absolute Gasteiger partial charge is 0.207 e. The first-order valence-corrected chi connectivity index (χ1v) is 3.98. The van der Waals surface area contributed by atoms with Gasteiger partial charge in [0.05, 0.1) is 6.04 Å². The van der Waals surface area contributed by atoms with Crippen molar-refractivity contribution in [2.24, 2.45) is 0 Å². The molecule has 1 fully saturated rings. The van der Waals surface area contributed by atoms with Crippen molar-refractivity contribution in [3.8, 4) is 0 Å². The Morgan fingerprint density at radius 1 is 1.10 bits per heavy atom. The Bertz CT molecular complexity index is 95.4. The van der Waals surface area contributed by atoms with E-state index in [1.54, 1.807) is 0 Å². The predicted octanol–water partition coefficient (Wildman–Crippen LogP) is 1.62. The van der Waals surface area contributed by atoms with Gasteiger partial charge in [-0.25, -0.2) is 0 Å². The molecule has 0 bridgehead atoms. The molecule has 0 aliphatic heterocycles. The number of carbonyl (C=O) groups is 1. The normalized spacial score (nSPS) is 21.6. The van der Waals surface area contributed by atoms with E-state index in [1.807, 2.05) is 0 Å². The highest BCUT2D eigenvalue weighted by Crippen LogP contribution is 2.21. The average Bonchev–Trinajstić information content (AvgIpc) is 2.17. The third kappa shape index (κ3) is 2.38. The molecule has 0 spiro atoms. The molecule has 0 heterocycles. The van der Waals surface area contributed by atoms with Gasteiger partial charge in [0.1, 0.15) is 0 Å². The van der Waals surface area contributed by atoms with E-state index in [1.165, 1.54) is 31.7 Å². The quantitative estimate of drug-likeness (QED) is 0.458. The molecule has 2 heteroatoms. The van der Waals surface area contributed by atoms with Crippen molar-refractivity contribution in [1.82, 2.24) is 5.32 Å². The summed E-state index contributed by atoms with van der Waals surface area (Å²) in [6, 6.07) is 1.23. The van der Waals surface area contributed by atoms with Gasteiger partial charge < -0.3 is 5.32 Å². The van der Waals surface area contributed by atoms with Crippen LogP contribution in [0.3, 0.4) is 0 Å². The number of hydrogen-bond donors (Lipinski definition) is 1. The molecule has 0 aromatic heterocycles. The molecule has 1 aliphatic rings. The van der Waals surface area contributed by atoms with E-state index < -0.39 is 0 Å². The molecule has 0 atom stereocenters. The lowest BCUT2D eigenvalue weighted by Gasteiger charge is -2.09. The molecule has 0 aromatic rings. The van der Waals surface area contributed by atoms with E-state index in [0.29, 0.717) is 0 Å². The second kappa shape index (κ2) is 4.31. The summed E-state index contributed by atoms with van der Waals surface area (Å²) in [5.41, 5.74) is 0. The lowest BCUT2D eigenvalue weighted by molar-refractivity contribution is -0.109. The number of hydrogen-bond acceptors (Lipinski definition) is 1. The number of carbonyl (C=O) groups excluding carboxylic acids is 1. The predicted molar refractivity (Wildman–Crippen MR) is 40.1 cm³/mol. The van der Waals surface area contributed by atoms with Crippen LogP contribution in [-0.2, 0) is 4.79 Å². The monoisotopic (exact) mass is 140 g/mol. The summed E-state index contributed by atoms with van der Waals surface area (Å²) in [6.07, 6.45) is 8.12. The summed E-state index contributed by atoms with van der Waals surface area (Å²) in [7, 11) is 0. The van der Waals surface area contributed by atoms with Gasteiger partial charge in [-0.15, -0.1) is 0 Å². The third-order valence-electron chi connectivity index (χ3n) is 1.97. The van der Waals surface area contributed by atoms with Crippen molar-refractivity contribution < 1.29 is 4.79 Å². The van der Waals surface area contributed by atoms with Crippen LogP contribution in [0.15, 0.2) is 0 Å². The van der Waals surface area contributed by atoms with Gasteiger partial charge in [0.15, 0.2) is 0 Å². The van der Waals surface area contributed by atoms with E-state index in [-0.39, 0.29) is 0 Å². The minimum absolute atomic E-state index is 0.792. The molecule has 2 nitrogen and oxygen atoms in total. The van der Waals surface area contributed by atoms with Crippen molar-refractivity contribution in [3.63, 3.8) is 0 Å². The molecule has 1 aliphatic carbocycles. The summed E-state index contributed by atoms with van der Waals surface area (Å²) in [4.78, 5) is 10.1. The van der Waals surface area contributed by atoms with Gasteiger partial charge in [0.25, 0.3) is 0 Å². The molecule has 10 heavy (non-hydrogen) atoms. The number of nitrogens with one attached hydrogen (secondary N) is 1. The molecule has 0 aromatic carbocycles. The first-order valence-electron chi connectivity index (χ1n) is 3.98. The van der Waals surface area contributed by atoms with Gasteiger partial charge >= 0.3 is 0 Å². The van der Waals surface area contributed by atoms with Crippen LogP contribution >= 0.6 is 0 Å². The van der Waals surface area contributed by atoms with Gasteiger partial charge in [-0.1, -0.05) is 25.7 Å². The lowest BCUT2D eigenvalue weighted by atomic mass is 10.1. The second-order valence-electron chi connectivity index (χ2n) is 2.78. The molecular weight excluding hydrogens is 126 g/mol. The Morgan fingerprint density at radius 2 is 1.70 bits per heavy atom. The fraction of sp³-hybridized carbons (Fsp3) is 0.750. The molecule has 1 N–H and O–H groups in total. The largest absolute Gasteiger partial charge is 0.351 e. The van der Waals surface area contributed by atoms with E-state index in [9.17, 15) is 4.79 Å². The molecule has 1 rings (SSSR count). The first kappa shape index (κ1) is 7.58. The zero-order valence-corrected chi connectivity index (χ0v) is 6.23. The summed E-state index contributed by atoms with van der Waals surface area (Å²) < 4.78 is 0. The highest BCUT2D eigenvalue weighted by atomic mass is 16.1. The summed E-state index contributed by atoms with van der Waals surface area (Å²) >= 11 is 0. The summed E-state index contributed by atoms with van der Waals surface area (Å²) in [5.74, 6) is 0. The van der Waals surface area contributed by atoms with Crippen LogP contribution in [0.5, 0.6) is 0 Å². The Labute approximate surface area is 62.0 Å². The van der Waals surface area contributed by atoms with Crippen molar-refractivity contribution in [3.05, 3.63) is 6.04 Å². The van der Waals surface area contributed by atoms with Crippen LogP contribution in [0.4, 0.5) is 0 Å². The summed E-state index contributed by atoms with van der Waals surface area (Å²) in [6.45, 7) is 0. The maximum atomic E-state index is 10.1. The van der Waals surface area contributed by atoms with Gasteiger partial charge in [0, 0.05) is 0 Å². The second-order valence-corrected chi connectivity index (χ2v) is 2.78. The SMILES string of the molecule is O=CN[C]1CCCCCC1. The zero-order chi connectivity index (χ0) is 7.23. The minimum atomic E-state index is 0.792. The zero-order valence-electron chi connectivity index (χ0n) is 6.23. The van der Waals surface area contributed by atoms with Crippen LogP contribution in [0.2, 0.25) is 0 Å². The van der Waals surface area contributed by atoms with Crippen LogP contribution < -0.4 is 5.32 Å². The average molecular weight is 140 g/mol. The van der Waals surface area contributed by atoms with Gasteiger partial charge in [-0.05, 0) is 12.8 Å². The molecule has 1 saturated carbocycles. The maximum absolute atomic E-state index is 10.1. The third-order valence-corrected chi connectivity index (χ3v) is 1.97. The topological polar surface area (TPSA) is 29.1 Å². The molecule has 1 radical (unpaired) electrons. The fourth-order valence-electron chi connectivity index (χ4n) is 1.38. The van der Waals surface area contributed by atoms with Gasteiger partial charge in [-0.3, -0.25) is 4.79 Å². The summed E-state index contributed by atoms with van der Waals surface area (Å²) in [5, 5.41) is 2.76. The highest BCUT2D eigenvalue weighted by Gasteiger charge is 2.10. The van der Waals surface area contributed by atoms with E-state index in [4.69, 9.17) is 0 Å². The minimum Gasteiger partial charge on any atom is -0.351 e. The highest BCUT2D eigenvalue weighted by molar-refractivity contribution is 5.48. The standard InChI is InChI=1S/C8H14NO/c10-7-9-8-5-3-1-2-4-6-8/h7H,1-6H2,(H,9,10). The molecule has 0 unspecified atom stereocenters. The van der Waals surface area contributed by atoms with Crippen molar-refractivity contribution >= 4 is 6.41 Å². The van der Waals surface area contributed by atoms with Crippen LogP contribution in [0.1, 0.15) is 38.5 Å². The van der Waals surface area contributed by atoms with Crippen LogP contribution in [0, 0.1) is 6.04 Å². The fourth-order valence-corrected chi connectivity index (χ4v) is 1.38. The van der Waals surface area contributed by atoms with Crippen molar-refractivity contribution in [2.75, 3.05) is 0 Å². The van der Waals surface area contributed by atoms with E-state index >= 15 is 0 Å². The lowest BCUT2D eigenvalue weighted by Crippen LogP contribution is -2.18. The Hall–Kier alpha value is -0.530. The molecular formula is C8H14NO. The van der Waals surface area contributed by atoms with Crippen LogP contribution in [0.25, 0.3) is 0 Å². The number of rotatable bonds is 2. The van der Waals surface area contributed by atoms with E-state index in [0.717, 1.165) is 19.3 Å². The van der Waals surface area contributed by atoms with Crippen molar-refractivity contribution in [2.45, 2.75) is 38.5 Å². The van der Waals surface area contributed by atoms with Crippen LogP contribution in [-0.4, -0.2) is 6.41 Å². The molecule has 0 saturated heterocycles. The Morgan fingerprint density at radius 3 is 2.20 bits per heavy atom. The molecule has 1 amide bonds. The van der Waals surface area contributed by atoms with E-state index in [2.05, 4.69) is 5.32 Å². The van der Waals surface area contributed by atoms with Crippen molar-refractivity contribution in [1.29, 1.82) is 0 Å². The Kier molecular flexibility index (Phi) is 3.27.